The molecule has 34 heavy (non-hydrogen) atoms. The fourth-order valence-electron chi connectivity index (χ4n) is 5.23. The molecule has 1 aliphatic rings. The average Bonchev–Trinajstić information content (AvgIpc) is 2.83. The highest BCUT2D eigenvalue weighted by atomic mass is 32.1. The van der Waals surface area contributed by atoms with Crippen molar-refractivity contribution in [1.29, 1.82) is 0 Å². The Morgan fingerprint density at radius 2 is 1.18 bits per heavy atom. The van der Waals surface area contributed by atoms with Crippen molar-refractivity contribution in [1.82, 2.24) is 5.48 Å². The maximum atomic E-state index is 6.46. The summed E-state index contributed by atoms with van der Waals surface area (Å²) >= 11 is 4.41. The van der Waals surface area contributed by atoms with E-state index in [1.807, 2.05) is 0 Å². The smallest absolute Gasteiger partial charge is 0.358 e. The number of hydrogen-bond donors (Lipinski definition) is 2. The van der Waals surface area contributed by atoms with E-state index in [2.05, 4.69) is 32.0 Å². The van der Waals surface area contributed by atoms with Crippen LogP contribution in [0.4, 0.5) is 0 Å². The summed E-state index contributed by atoms with van der Waals surface area (Å²) in [5.41, 5.74) is 3.36. The van der Waals surface area contributed by atoms with Crippen LogP contribution in [0.15, 0.2) is 0 Å². The molecule has 204 valence electrons. The minimum atomic E-state index is -2.07. The Kier molecular flexibility index (Phi) is 22.8. The summed E-state index contributed by atoms with van der Waals surface area (Å²) in [6.07, 6.45) is 29.0. The molecule has 1 aliphatic heterocycles. The predicted octanol–water partition coefficient (Wildman–Crippen LogP) is 9.76. The van der Waals surface area contributed by atoms with Gasteiger partial charge < -0.3 is 8.95 Å². The summed E-state index contributed by atoms with van der Waals surface area (Å²) in [6.45, 7) is 6.45. The fraction of sp³-hybridized carbons (Fsp3) is 1.00. The third-order valence-corrected chi connectivity index (χ3v) is 11.4. The molecule has 0 aromatic rings. The summed E-state index contributed by atoms with van der Waals surface area (Å²) in [6, 6.07) is 2.20. The molecule has 1 rings (SSSR count). The van der Waals surface area contributed by atoms with E-state index in [9.17, 15) is 0 Å². The van der Waals surface area contributed by atoms with Crippen LogP contribution in [0.25, 0.3) is 0 Å². The van der Waals surface area contributed by atoms with Crippen molar-refractivity contribution in [3.63, 3.8) is 0 Å². The zero-order valence-electron chi connectivity index (χ0n) is 23.2. The average molecular weight is 516 g/mol. The highest BCUT2D eigenvalue weighted by molar-refractivity contribution is 7.80. The fourth-order valence-corrected chi connectivity index (χ4v) is 8.93. The van der Waals surface area contributed by atoms with E-state index in [1.165, 1.54) is 128 Å². The lowest BCUT2D eigenvalue weighted by Gasteiger charge is -2.34. The van der Waals surface area contributed by atoms with Gasteiger partial charge in [0.15, 0.2) is 0 Å². The lowest BCUT2D eigenvalue weighted by molar-refractivity contribution is 0.0632. The van der Waals surface area contributed by atoms with E-state index < -0.39 is 8.56 Å². The van der Waals surface area contributed by atoms with Gasteiger partial charge in [-0.2, -0.15) is 12.6 Å². The lowest BCUT2D eigenvalue weighted by Crippen LogP contribution is -2.49. The first-order valence-electron chi connectivity index (χ1n) is 15.4. The number of thiol groups is 1. The summed E-state index contributed by atoms with van der Waals surface area (Å²) < 4.78 is 12.7. The van der Waals surface area contributed by atoms with Crippen LogP contribution in [-0.4, -0.2) is 27.5 Å². The Bertz CT molecular complexity index is 407. The second-order valence-corrected chi connectivity index (χ2v) is 14.6. The van der Waals surface area contributed by atoms with Gasteiger partial charge in [-0.15, -0.1) is 0 Å². The van der Waals surface area contributed by atoms with Gasteiger partial charge in [-0.3, -0.25) is 0 Å². The molecule has 0 aromatic heterocycles. The molecule has 2 unspecified atom stereocenters. The summed E-state index contributed by atoms with van der Waals surface area (Å²) in [7, 11) is -2.07. The zero-order chi connectivity index (χ0) is 24.6. The molecule has 1 heterocycles. The van der Waals surface area contributed by atoms with Gasteiger partial charge >= 0.3 is 8.56 Å². The molecule has 0 bridgehead atoms. The number of rotatable bonds is 23. The van der Waals surface area contributed by atoms with Gasteiger partial charge in [-0.05, 0) is 43.0 Å². The monoisotopic (exact) mass is 515 g/mol. The summed E-state index contributed by atoms with van der Waals surface area (Å²) in [5.74, 6) is 1.63. The highest BCUT2D eigenvalue weighted by Gasteiger charge is 2.38. The molecule has 1 N–H and O–H groups in total. The zero-order valence-corrected chi connectivity index (χ0v) is 25.1. The van der Waals surface area contributed by atoms with Crippen molar-refractivity contribution in [2.24, 2.45) is 5.92 Å². The lowest BCUT2D eigenvalue weighted by atomic mass is 9.97. The predicted molar refractivity (Wildman–Crippen MR) is 156 cm³/mol. The second-order valence-electron chi connectivity index (χ2n) is 10.9. The van der Waals surface area contributed by atoms with E-state index in [1.54, 1.807) is 0 Å². The third-order valence-electron chi connectivity index (χ3n) is 7.61. The molecule has 0 spiro atoms. The van der Waals surface area contributed by atoms with Crippen molar-refractivity contribution in [2.45, 2.75) is 161 Å². The van der Waals surface area contributed by atoms with Crippen molar-refractivity contribution in [3.8, 4) is 0 Å². The number of hydroxylamine groups is 1. The molecule has 0 amide bonds. The Morgan fingerprint density at radius 1 is 0.676 bits per heavy atom. The quantitative estimate of drug-likeness (QED) is 0.0806. The van der Waals surface area contributed by atoms with Crippen molar-refractivity contribution >= 4 is 21.2 Å². The molecular formula is C29H61NO2SSi. The molecule has 2 atom stereocenters. The van der Waals surface area contributed by atoms with Gasteiger partial charge in [0, 0.05) is 13.2 Å². The van der Waals surface area contributed by atoms with E-state index in [0.29, 0.717) is 5.92 Å². The van der Waals surface area contributed by atoms with Crippen molar-refractivity contribution in [3.05, 3.63) is 0 Å². The van der Waals surface area contributed by atoms with Crippen LogP contribution in [0.1, 0.15) is 149 Å². The van der Waals surface area contributed by atoms with Gasteiger partial charge in [0.05, 0.1) is 0 Å². The Hall–Kier alpha value is 0.447. The second kappa shape index (κ2) is 23.8. The topological polar surface area (TPSA) is 30.5 Å². The molecule has 5 heteroatoms. The van der Waals surface area contributed by atoms with Gasteiger partial charge in [0.1, 0.15) is 0 Å². The molecule has 0 saturated carbocycles. The summed E-state index contributed by atoms with van der Waals surface area (Å²) in [4.78, 5) is 0. The van der Waals surface area contributed by atoms with Gasteiger partial charge in [0.2, 0.25) is 0 Å². The first-order chi connectivity index (χ1) is 16.8. The standard InChI is InChI=1S/C29H61NO2SSi/c1-3-5-7-8-9-10-11-12-13-14-15-16-17-18-19-20-22-29-23-24-31-34(26-6-4-2,27-21-25-33)32-30-28-29/h29-30,33H,3-28H2,1-2H3. The SMILES string of the molecule is CCCCCCCCCCCCCCCCCCC1CCO[Si](CCCC)(CCCS)ONC1. The molecule has 0 aromatic carbocycles. The van der Waals surface area contributed by atoms with Gasteiger partial charge in [-0.25, -0.2) is 5.48 Å². The summed E-state index contributed by atoms with van der Waals surface area (Å²) in [5, 5.41) is 0. The van der Waals surface area contributed by atoms with Crippen LogP contribution in [0.5, 0.6) is 0 Å². The minimum absolute atomic E-state index is 0.703. The molecule has 1 fully saturated rings. The Labute approximate surface area is 220 Å². The van der Waals surface area contributed by atoms with Crippen LogP contribution in [-0.2, 0) is 8.95 Å². The largest absolute Gasteiger partial charge is 0.393 e. The highest BCUT2D eigenvalue weighted by Crippen LogP contribution is 2.27. The maximum absolute atomic E-state index is 6.46. The Balaban J connectivity index is 1.95. The van der Waals surface area contributed by atoms with Crippen LogP contribution in [0.3, 0.4) is 0 Å². The first-order valence-corrected chi connectivity index (χ1v) is 18.3. The normalized spacial score (nSPS) is 21.4. The number of hydrogen-bond acceptors (Lipinski definition) is 4. The first kappa shape index (κ1) is 32.5. The van der Waals surface area contributed by atoms with Crippen LogP contribution in [0, 0.1) is 5.92 Å². The van der Waals surface area contributed by atoms with Crippen LogP contribution in [0.2, 0.25) is 12.1 Å². The van der Waals surface area contributed by atoms with Crippen LogP contribution >= 0.6 is 12.6 Å². The molecule has 0 aliphatic carbocycles. The van der Waals surface area contributed by atoms with E-state index in [-0.39, 0.29) is 0 Å². The molecule has 1 saturated heterocycles. The number of nitrogens with one attached hydrogen (secondary N) is 1. The van der Waals surface area contributed by atoms with Crippen LogP contribution < -0.4 is 5.48 Å². The Morgan fingerprint density at radius 3 is 1.71 bits per heavy atom. The van der Waals surface area contributed by atoms with Gasteiger partial charge in [-0.1, -0.05) is 129 Å². The minimum Gasteiger partial charge on any atom is -0.393 e. The maximum Gasteiger partial charge on any atom is 0.358 e. The molecule has 0 radical (unpaired) electrons. The molecular weight excluding hydrogens is 454 g/mol. The van der Waals surface area contributed by atoms with E-state index >= 15 is 0 Å². The van der Waals surface area contributed by atoms with Gasteiger partial charge in [0.25, 0.3) is 0 Å². The molecule has 3 nitrogen and oxygen atoms in total. The van der Waals surface area contributed by atoms with E-state index in [4.69, 9.17) is 8.95 Å². The number of unbranched alkanes of at least 4 members (excludes halogenated alkanes) is 16. The van der Waals surface area contributed by atoms with Crippen molar-refractivity contribution in [2.75, 3.05) is 18.9 Å². The van der Waals surface area contributed by atoms with Crippen molar-refractivity contribution < 1.29 is 8.95 Å². The third kappa shape index (κ3) is 17.8. The van der Waals surface area contributed by atoms with E-state index in [0.717, 1.165) is 37.4 Å².